The standard InChI is InChI=1S/C18H15F4N5O2/c19-13-4-5-14(27(28)29)15(8-13)25-7-1-2-11(9-25)17-24-23-16-6-3-12(10-26(16)17)18(20,21)22/h3-6,8,10-11H,1-2,7,9H2. The number of hydrogen-bond donors (Lipinski definition) is 0. The minimum atomic E-state index is -4.50. The van der Waals surface area contributed by atoms with Gasteiger partial charge in [-0.1, -0.05) is 0 Å². The van der Waals surface area contributed by atoms with Gasteiger partial charge in [0.2, 0.25) is 0 Å². The zero-order valence-corrected chi connectivity index (χ0v) is 14.9. The molecule has 1 fully saturated rings. The van der Waals surface area contributed by atoms with Crippen molar-refractivity contribution >= 4 is 17.0 Å². The normalized spacial score (nSPS) is 17.7. The van der Waals surface area contributed by atoms with Crippen molar-refractivity contribution in [3.05, 3.63) is 63.8 Å². The molecule has 3 aromatic rings. The minimum Gasteiger partial charge on any atom is -0.365 e. The molecule has 0 amide bonds. The van der Waals surface area contributed by atoms with Gasteiger partial charge in [-0.15, -0.1) is 10.2 Å². The van der Waals surface area contributed by atoms with Crippen LogP contribution in [-0.2, 0) is 6.18 Å². The van der Waals surface area contributed by atoms with Crippen LogP contribution < -0.4 is 4.90 Å². The maximum atomic E-state index is 13.7. The van der Waals surface area contributed by atoms with Crippen LogP contribution in [0.5, 0.6) is 0 Å². The summed E-state index contributed by atoms with van der Waals surface area (Å²) < 4.78 is 54.2. The predicted molar refractivity (Wildman–Crippen MR) is 95.2 cm³/mol. The number of pyridine rings is 1. The number of hydrogen-bond acceptors (Lipinski definition) is 5. The first-order valence-corrected chi connectivity index (χ1v) is 8.85. The Morgan fingerprint density at radius 2 is 1.97 bits per heavy atom. The van der Waals surface area contributed by atoms with Crippen LogP contribution in [0.25, 0.3) is 5.65 Å². The number of benzene rings is 1. The summed E-state index contributed by atoms with van der Waals surface area (Å²) in [5.74, 6) is -0.574. The van der Waals surface area contributed by atoms with Gasteiger partial charge >= 0.3 is 6.18 Å². The predicted octanol–water partition coefficient (Wildman–Crippen LogP) is 4.18. The molecule has 0 saturated carbocycles. The van der Waals surface area contributed by atoms with Gasteiger partial charge in [-0.25, -0.2) is 4.39 Å². The molecule has 1 aliphatic rings. The smallest absolute Gasteiger partial charge is 0.365 e. The Hall–Kier alpha value is -3.24. The summed E-state index contributed by atoms with van der Waals surface area (Å²) in [6.07, 6.45) is -2.31. The Balaban J connectivity index is 1.70. The zero-order chi connectivity index (χ0) is 20.8. The molecule has 3 heterocycles. The third kappa shape index (κ3) is 3.59. The summed E-state index contributed by atoms with van der Waals surface area (Å²) in [6, 6.07) is 5.42. The van der Waals surface area contributed by atoms with E-state index < -0.39 is 22.5 Å². The molecule has 2 aromatic heterocycles. The van der Waals surface area contributed by atoms with E-state index in [9.17, 15) is 27.7 Å². The van der Waals surface area contributed by atoms with Crippen LogP contribution in [0.15, 0.2) is 36.5 Å². The number of alkyl halides is 3. The van der Waals surface area contributed by atoms with Crippen LogP contribution >= 0.6 is 0 Å². The highest BCUT2D eigenvalue weighted by Crippen LogP contribution is 2.35. The Bertz CT molecular complexity index is 1080. The highest BCUT2D eigenvalue weighted by Gasteiger charge is 2.33. The Morgan fingerprint density at radius 1 is 1.17 bits per heavy atom. The van der Waals surface area contributed by atoms with Crippen molar-refractivity contribution in [3.63, 3.8) is 0 Å². The molecule has 0 bridgehead atoms. The molecular formula is C18H15F4N5O2. The lowest BCUT2D eigenvalue weighted by Gasteiger charge is -2.33. The molecule has 1 atom stereocenters. The summed E-state index contributed by atoms with van der Waals surface area (Å²) in [5, 5.41) is 19.3. The Morgan fingerprint density at radius 3 is 2.69 bits per heavy atom. The molecule has 4 rings (SSSR count). The lowest BCUT2D eigenvalue weighted by atomic mass is 9.96. The number of piperidine rings is 1. The number of fused-ring (bicyclic) bond motifs is 1. The molecule has 0 N–H and O–H groups in total. The van der Waals surface area contributed by atoms with Gasteiger partial charge in [0.05, 0.1) is 10.5 Å². The van der Waals surface area contributed by atoms with Gasteiger partial charge in [0.15, 0.2) is 5.65 Å². The van der Waals surface area contributed by atoms with Crippen LogP contribution in [0, 0.1) is 15.9 Å². The van der Waals surface area contributed by atoms with Gasteiger partial charge in [-0.2, -0.15) is 13.2 Å². The van der Waals surface area contributed by atoms with Gasteiger partial charge in [0, 0.05) is 37.3 Å². The van der Waals surface area contributed by atoms with Gasteiger partial charge in [-0.3, -0.25) is 14.5 Å². The van der Waals surface area contributed by atoms with E-state index in [1.54, 1.807) is 4.90 Å². The number of nitrogens with zero attached hydrogens (tertiary/aromatic N) is 5. The fourth-order valence-electron chi connectivity index (χ4n) is 3.67. The largest absolute Gasteiger partial charge is 0.417 e. The molecule has 1 unspecified atom stereocenters. The summed E-state index contributed by atoms with van der Waals surface area (Å²) in [7, 11) is 0. The Kier molecular flexibility index (Phi) is 4.59. The van der Waals surface area contributed by atoms with Crippen LogP contribution in [0.3, 0.4) is 0 Å². The fourth-order valence-corrected chi connectivity index (χ4v) is 3.67. The topological polar surface area (TPSA) is 76.6 Å². The lowest BCUT2D eigenvalue weighted by molar-refractivity contribution is -0.384. The van der Waals surface area contributed by atoms with Crippen LogP contribution in [0.4, 0.5) is 28.9 Å². The molecule has 0 radical (unpaired) electrons. The third-order valence-corrected chi connectivity index (χ3v) is 5.02. The first-order valence-electron chi connectivity index (χ1n) is 8.85. The SMILES string of the molecule is O=[N+]([O-])c1ccc(F)cc1N1CCCC(c2nnc3ccc(C(F)(F)F)cn23)C1. The van der Waals surface area contributed by atoms with Crippen molar-refractivity contribution in [1.82, 2.24) is 14.6 Å². The number of halogens is 4. The van der Waals surface area contributed by atoms with Gasteiger partial charge in [-0.05, 0) is 31.0 Å². The van der Waals surface area contributed by atoms with Gasteiger partial charge in [0.1, 0.15) is 17.3 Å². The number of anilines is 1. The van der Waals surface area contributed by atoms with E-state index >= 15 is 0 Å². The second-order valence-corrected chi connectivity index (χ2v) is 6.88. The van der Waals surface area contributed by atoms with E-state index in [1.165, 1.54) is 10.5 Å². The van der Waals surface area contributed by atoms with Crippen molar-refractivity contribution in [2.45, 2.75) is 24.9 Å². The van der Waals surface area contributed by atoms with Crippen molar-refractivity contribution in [2.75, 3.05) is 18.0 Å². The van der Waals surface area contributed by atoms with Crippen molar-refractivity contribution in [3.8, 4) is 0 Å². The van der Waals surface area contributed by atoms with Crippen LogP contribution in [0.2, 0.25) is 0 Å². The zero-order valence-electron chi connectivity index (χ0n) is 14.9. The monoisotopic (exact) mass is 409 g/mol. The fraction of sp³-hybridized carbons (Fsp3) is 0.333. The quantitative estimate of drug-likeness (QED) is 0.369. The average molecular weight is 409 g/mol. The molecule has 1 aliphatic heterocycles. The molecule has 0 spiro atoms. The summed E-state index contributed by atoms with van der Waals surface area (Å²) in [6.45, 7) is 0.715. The van der Waals surface area contributed by atoms with Crippen molar-refractivity contribution in [1.29, 1.82) is 0 Å². The molecule has 1 aromatic carbocycles. The maximum absolute atomic E-state index is 13.7. The van der Waals surface area contributed by atoms with E-state index in [-0.39, 0.29) is 29.5 Å². The number of aromatic nitrogens is 3. The second-order valence-electron chi connectivity index (χ2n) is 6.88. The molecule has 11 heteroatoms. The Labute approximate surface area is 161 Å². The first kappa shape index (κ1) is 19.1. The molecule has 0 aliphatic carbocycles. The minimum absolute atomic E-state index is 0.143. The summed E-state index contributed by atoms with van der Waals surface area (Å²) in [5.41, 5.74) is -0.622. The van der Waals surface area contributed by atoms with E-state index in [0.717, 1.165) is 30.5 Å². The van der Waals surface area contributed by atoms with E-state index in [2.05, 4.69) is 10.2 Å². The highest BCUT2D eigenvalue weighted by atomic mass is 19.4. The summed E-state index contributed by atoms with van der Waals surface area (Å²) in [4.78, 5) is 12.4. The third-order valence-electron chi connectivity index (χ3n) is 5.02. The average Bonchev–Trinajstić information content (AvgIpc) is 3.10. The van der Waals surface area contributed by atoms with E-state index in [1.807, 2.05) is 0 Å². The highest BCUT2D eigenvalue weighted by molar-refractivity contribution is 5.63. The molecule has 7 nitrogen and oxygen atoms in total. The van der Waals surface area contributed by atoms with E-state index in [4.69, 9.17) is 0 Å². The van der Waals surface area contributed by atoms with Gasteiger partial charge < -0.3 is 4.90 Å². The number of rotatable bonds is 3. The summed E-state index contributed by atoms with van der Waals surface area (Å²) >= 11 is 0. The van der Waals surface area contributed by atoms with Crippen LogP contribution in [0.1, 0.15) is 30.1 Å². The van der Waals surface area contributed by atoms with Crippen LogP contribution in [-0.4, -0.2) is 32.6 Å². The molecule has 1 saturated heterocycles. The second kappa shape index (κ2) is 6.98. The van der Waals surface area contributed by atoms with Crippen molar-refractivity contribution in [2.24, 2.45) is 0 Å². The number of nitro groups is 1. The lowest BCUT2D eigenvalue weighted by Crippen LogP contribution is -2.35. The molecule has 152 valence electrons. The van der Waals surface area contributed by atoms with E-state index in [0.29, 0.717) is 25.2 Å². The first-order chi connectivity index (χ1) is 13.7. The molecule has 29 heavy (non-hydrogen) atoms. The van der Waals surface area contributed by atoms with Gasteiger partial charge in [0.25, 0.3) is 5.69 Å². The number of nitro benzene ring substituents is 1. The molecular weight excluding hydrogens is 394 g/mol. The maximum Gasteiger partial charge on any atom is 0.417 e. The van der Waals surface area contributed by atoms with Crippen molar-refractivity contribution < 1.29 is 22.5 Å².